The molecule has 696 valence electrons. The van der Waals surface area contributed by atoms with Crippen molar-refractivity contribution < 1.29 is 229 Å². The van der Waals surface area contributed by atoms with E-state index in [1.54, 1.807) is 0 Å². The molecule has 0 spiro atoms. The molecule has 6 saturated heterocycles. The van der Waals surface area contributed by atoms with Crippen LogP contribution in [0.15, 0.2) is 12.7 Å². The molecule has 6 heterocycles. The van der Waals surface area contributed by atoms with E-state index in [0.717, 1.165) is 118 Å². The number of amides is 1. The molecule has 0 aromatic rings. The Morgan fingerprint density at radius 3 is 0.952 bits per heavy atom. The molecule has 49 heteroatoms. The van der Waals surface area contributed by atoms with E-state index in [1.807, 2.05) is 0 Å². The van der Waals surface area contributed by atoms with Gasteiger partial charge in [0, 0.05) is 125 Å². The number of esters is 17. The van der Waals surface area contributed by atoms with E-state index in [-0.39, 0.29) is 6.61 Å². The maximum Gasteiger partial charge on any atom is 0.305 e. The summed E-state index contributed by atoms with van der Waals surface area (Å²) < 4.78 is 173. The third kappa shape index (κ3) is 29.1. The average molecular weight is 1790 g/mol. The lowest BCUT2D eigenvalue weighted by molar-refractivity contribution is -0.444. The van der Waals surface area contributed by atoms with Gasteiger partial charge in [0.15, 0.2) is 117 Å². The van der Waals surface area contributed by atoms with E-state index in [2.05, 4.69) is 11.9 Å². The van der Waals surface area contributed by atoms with Crippen LogP contribution < -0.4 is 5.32 Å². The van der Waals surface area contributed by atoms with Crippen LogP contribution in [0.1, 0.15) is 132 Å². The van der Waals surface area contributed by atoms with Crippen LogP contribution in [-0.4, -0.2) is 336 Å². The third-order valence-electron chi connectivity index (χ3n) is 18.0. The molecule has 6 rings (SSSR count). The Hall–Kier alpha value is -10.3. The van der Waals surface area contributed by atoms with Crippen molar-refractivity contribution in [3.05, 3.63) is 12.7 Å². The predicted molar refractivity (Wildman–Crippen MR) is 387 cm³/mol. The SMILES string of the molecule is C=CCO[C@@H]1OC(COC(C)=O)[C@H](O[C@@H]2OC(COC(C)=O)[C@H](O[C@@H]3OC(COC(C)=O)[C@H](OC(C)=O)[C@H](O[C@@H]4OC(COC(C)=O)[C@@](OC(C)=O)(O[C@@H]5OC(COC(C)=O)[C@H](OC(C)=O)[C@H](OC(C)=O)C5OC5O[C@H](C)[C@H](OC(C)=O)C(OC(C)=O)[C@@H]5OC(C)=O)[C@H](O)C4NC(C)=O)C3OC(C)=O)[C@H](OC(C)=O)C2OC(C)=O)[C@H](OC(C)=O)C1OC(C)=O. The molecule has 0 aromatic carbocycles. The Bertz CT molecular complexity index is 3840. The maximum atomic E-state index is 14.1. The first-order valence-electron chi connectivity index (χ1n) is 38.2. The van der Waals surface area contributed by atoms with Crippen LogP contribution in [0.3, 0.4) is 0 Å². The normalized spacial score (nSPS) is 33.8. The van der Waals surface area contributed by atoms with Crippen molar-refractivity contribution in [2.45, 2.75) is 315 Å². The van der Waals surface area contributed by atoms with Gasteiger partial charge in [0.1, 0.15) is 87.9 Å². The van der Waals surface area contributed by atoms with Crippen LogP contribution >= 0.6 is 0 Å². The minimum Gasteiger partial charge on any atom is -0.463 e. The van der Waals surface area contributed by atoms with E-state index >= 15 is 0 Å². The second-order valence-corrected chi connectivity index (χ2v) is 28.3. The monoisotopic (exact) mass is 1790 g/mol. The highest BCUT2D eigenvalue weighted by Gasteiger charge is 2.68. The molecule has 30 atom stereocenters. The molecule has 0 aromatic heterocycles. The second kappa shape index (κ2) is 46.6. The molecule has 6 aliphatic heterocycles. The molecule has 1 amide bonds. The topological polar surface area (TPSA) is 607 Å². The summed E-state index contributed by atoms with van der Waals surface area (Å²) in [5.41, 5.74) is 0. The van der Waals surface area contributed by atoms with Crippen molar-refractivity contribution in [2.24, 2.45) is 0 Å². The van der Waals surface area contributed by atoms with Gasteiger partial charge in [-0.25, -0.2) is 0 Å². The highest BCUT2D eigenvalue weighted by molar-refractivity contribution is 5.74. The van der Waals surface area contributed by atoms with Crippen LogP contribution in [-0.2, 0) is 224 Å². The maximum absolute atomic E-state index is 14.1. The number of ether oxygens (including phenoxy) is 29. The Morgan fingerprint density at radius 2 is 0.589 bits per heavy atom. The predicted octanol–water partition coefficient (Wildman–Crippen LogP) is -2.70. The van der Waals surface area contributed by atoms with Crippen molar-refractivity contribution in [3.8, 4) is 0 Å². The Morgan fingerprint density at radius 1 is 0.306 bits per heavy atom. The molecular formula is C75H103NO48. The van der Waals surface area contributed by atoms with Gasteiger partial charge < -0.3 is 148 Å². The molecule has 124 heavy (non-hydrogen) atoms. The number of hydrogen-bond acceptors (Lipinski definition) is 48. The fraction of sp³-hybridized carbons (Fsp3) is 0.733. The lowest BCUT2D eigenvalue weighted by atomic mass is 9.91. The summed E-state index contributed by atoms with van der Waals surface area (Å²) in [5, 5.41) is 15.9. The molecule has 0 saturated carbocycles. The number of aliphatic hydroxyl groups is 1. The first-order chi connectivity index (χ1) is 58.0. The van der Waals surface area contributed by atoms with Crippen LogP contribution in [0, 0.1) is 0 Å². The number of rotatable bonds is 36. The zero-order valence-corrected chi connectivity index (χ0v) is 70.9. The Kier molecular flexibility index (Phi) is 38.5. The van der Waals surface area contributed by atoms with E-state index in [0.29, 0.717) is 6.92 Å². The summed E-state index contributed by atoms with van der Waals surface area (Å²) >= 11 is 0. The quantitative estimate of drug-likeness (QED) is 0.0279. The van der Waals surface area contributed by atoms with Crippen LogP contribution in [0.2, 0.25) is 0 Å². The summed E-state index contributed by atoms with van der Waals surface area (Å²) in [6.45, 7) is 15.1. The van der Waals surface area contributed by atoms with Gasteiger partial charge >= 0.3 is 101 Å². The second-order valence-electron chi connectivity index (χ2n) is 28.3. The lowest BCUT2D eigenvalue weighted by Crippen LogP contribution is -2.76. The average Bonchev–Trinajstić information content (AvgIpc) is 0.724. The van der Waals surface area contributed by atoms with Crippen molar-refractivity contribution in [1.29, 1.82) is 0 Å². The molecule has 0 bridgehead atoms. The zero-order valence-electron chi connectivity index (χ0n) is 70.9. The van der Waals surface area contributed by atoms with Crippen molar-refractivity contribution in [1.82, 2.24) is 5.32 Å². The smallest absolute Gasteiger partial charge is 0.305 e. The number of hydrogen-bond donors (Lipinski definition) is 2. The lowest BCUT2D eigenvalue weighted by Gasteiger charge is -2.54. The number of carbonyl (C=O) groups excluding carboxylic acids is 18. The minimum absolute atomic E-state index is 0.310. The molecule has 12 unspecified atom stereocenters. The summed E-state index contributed by atoms with van der Waals surface area (Å²) in [6, 6.07) is -2.46. The standard InChI is InChI=1S/C75H103NO48/c1-21-22-96-70-63(110-42(16)90)60(108-40(14)88)56(49(114-70)25-99-32(6)80)119-72-65(112-44(18)92)61(109-41(15)89)57(50(116-72)26-100-33(7)81)120-73-66(113-45(19)93)62(55(105-37(11)85)47(115-73)23-97-30(4)78)121-69-52(76-29(3)77)68(95)75(123-46(20)94,51(118-69)27-101-34(8)82)124-74-67(59(107-39(13)87)54(104-36(10)84)48(117-74)24-98-31(5)79)122-71-64(111-43(17)91)58(106-38(12)86)53(28(2)102-71)103-35(9)83/h21,28,47-74,95H,1,22-27H2,2-20H3,(H,76,77)/t28-,47?,48?,49?,50?,51?,52?,53+,54+,55+,56+,57+,58?,59+,60+,61+,62+,63?,64+,65?,66?,67?,68-,69+,70-,71?,72+,73+,74+,75-/m1/s1. The van der Waals surface area contributed by atoms with Crippen molar-refractivity contribution in [3.63, 3.8) is 0 Å². The Balaban J connectivity index is 1.64. The van der Waals surface area contributed by atoms with Gasteiger partial charge in [0.2, 0.25) is 5.91 Å². The van der Waals surface area contributed by atoms with Gasteiger partial charge in [-0.15, -0.1) is 6.58 Å². The van der Waals surface area contributed by atoms with Gasteiger partial charge in [0.25, 0.3) is 5.79 Å². The highest BCUT2D eigenvalue weighted by Crippen LogP contribution is 2.45. The molecule has 0 aliphatic carbocycles. The molecular weight excluding hydrogens is 1680 g/mol. The largest absolute Gasteiger partial charge is 0.463 e. The molecule has 2 N–H and O–H groups in total. The van der Waals surface area contributed by atoms with E-state index in [9.17, 15) is 91.4 Å². The molecule has 6 fully saturated rings. The fourth-order valence-electron chi connectivity index (χ4n) is 13.9. The summed E-state index contributed by atoms with van der Waals surface area (Å²) in [5.74, 6) is -24.2. The zero-order chi connectivity index (χ0) is 92.8. The number of nitrogens with one attached hydrogen (secondary N) is 1. The van der Waals surface area contributed by atoms with Gasteiger partial charge in [-0.1, -0.05) is 6.08 Å². The van der Waals surface area contributed by atoms with Crippen molar-refractivity contribution >= 4 is 107 Å². The van der Waals surface area contributed by atoms with Gasteiger partial charge in [0.05, 0.1) is 12.7 Å². The van der Waals surface area contributed by atoms with Crippen molar-refractivity contribution in [2.75, 3.05) is 39.6 Å². The molecule has 6 aliphatic rings. The fourth-order valence-corrected chi connectivity index (χ4v) is 13.9. The molecule has 0 radical (unpaired) electrons. The van der Waals surface area contributed by atoms with Gasteiger partial charge in [-0.2, -0.15) is 0 Å². The summed E-state index contributed by atoms with van der Waals surface area (Å²) in [4.78, 5) is 239. The van der Waals surface area contributed by atoms with Gasteiger partial charge in [-0.05, 0) is 6.92 Å². The first kappa shape index (κ1) is 102. The summed E-state index contributed by atoms with van der Waals surface area (Å²) in [6.07, 6.45) is -58.8. The van der Waals surface area contributed by atoms with Crippen LogP contribution in [0.4, 0.5) is 0 Å². The van der Waals surface area contributed by atoms with E-state index in [1.165, 1.54) is 13.0 Å². The Labute approximate surface area is 707 Å². The van der Waals surface area contributed by atoms with E-state index < -0.39 is 324 Å². The van der Waals surface area contributed by atoms with Gasteiger partial charge in [-0.3, -0.25) is 86.3 Å². The van der Waals surface area contributed by atoms with Crippen LogP contribution in [0.5, 0.6) is 0 Å². The number of aliphatic hydroxyl groups excluding tert-OH is 1. The summed E-state index contributed by atoms with van der Waals surface area (Å²) in [7, 11) is 0. The van der Waals surface area contributed by atoms with Crippen LogP contribution in [0.25, 0.3) is 0 Å². The third-order valence-corrected chi connectivity index (χ3v) is 18.0. The molecule has 49 nitrogen and oxygen atoms in total. The first-order valence-corrected chi connectivity index (χ1v) is 38.2. The number of carbonyl (C=O) groups is 18. The van der Waals surface area contributed by atoms with E-state index in [4.69, 9.17) is 137 Å². The highest BCUT2D eigenvalue weighted by atomic mass is 16.9. The minimum atomic E-state index is -3.54.